The first-order chi connectivity index (χ1) is 12.9. The lowest BCUT2D eigenvalue weighted by atomic mass is 10.2. The van der Waals surface area contributed by atoms with E-state index in [1.165, 1.54) is 0 Å². The van der Waals surface area contributed by atoms with Gasteiger partial charge in [-0.05, 0) is 77.8 Å². The van der Waals surface area contributed by atoms with Crippen LogP contribution in [0.15, 0.2) is 63.8 Å². The fourth-order valence-electron chi connectivity index (χ4n) is 2.54. The van der Waals surface area contributed by atoms with Crippen molar-refractivity contribution in [2.75, 3.05) is 4.90 Å². The normalized spacial score (nSPS) is 11.9. The molecule has 0 saturated carbocycles. The fraction of sp³-hybridized carbons (Fsp3) is 0.200. The Labute approximate surface area is 171 Å². The maximum absolute atomic E-state index is 13.1. The Balaban J connectivity index is 1.81. The molecule has 2 heterocycles. The van der Waals surface area contributed by atoms with Gasteiger partial charge in [-0.2, -0.15) is 0 Å². The van der Waals surface area contributed by atoms with Crippen LogP contribution >= 0.6 is 27.5 Å². The van der Waals surface area contributed by atoms with Gasteiger partial charge in [-0.3, -0.25) is 9.69 Å². The highest BCUT2D eigenvalue weighted by atomic mass is 79.9. The number of rotatable bonds is 6. The average molecular weight is 450 g/mol. The first-order valence-electron chi connectivity index (χ1n) is 8.33. The molecule has 1 atom stereocenters. The van der Waals surface area contributed by atoms with Gasteiger partial charge in [0.05, 0.1) is 6.54 Å². The molecule has 0 N–H and O–H groups in total. The van der Waals surface area contributed by atoms with E-state index in [2.05, 4.69) is 20.9 Å². The van der Waals surface area contributed by atoms with Crippen LogP contribution in [0.5, 0.6) is 5.75 Å². The van der Waals surface area contributed by atoms with Gasteiger partial charge in [-0.15, -0.1) is 0 Å². The summed E-state index contributed by atoms with van der Waals surface area (Å²) in [6, 6.07) is 14.3. The van der Waals surface area contributed by atoms with Gasteiger partial charge in [0.15, 0.2) is 10.8 Å². The second kappa shape index (κ2) is 8.59. The predicted molar refractivity (Wildman–Crippen MR) is 108 cm³/mol. The quantitative estimate of drug-likeness (QED) is 0.505. The topological polar surface area (TPSA) is 55.6 Å². The molecule has 140 valence electrons. The molecule has 1 amide bonds. The summed E-state index contributed by atoms with van der Waals surface area (Å²) < 4.78 is 12.0. The van der Waals surface area contributed by atoms with E-state index in [1.54, 1.807) is 60.5 Å². The number of benzene rings is 1. The molecule has 0 fully saturated rings. The number of carbonyl (C=O) groups excluding carboxylic acids is 1. The third-order valence-electron chi connectivity index (χ3n) is 3.92. The maximum atomic E-state index is 13.1. The molecule has 2 aromatic heterocycles. The van der Waals surface area contributed by atoms with Crippen LogP contribution in [0, 0.1) is 6.92 Å². The molecule has 27 heavy (non-hydrogen) atoms. The van der Waals surface area contributed by atoms with Crippen LogP contribution in [0.3, 0.4) is 0 Å². The van der Waals surface area contributed by atoms with Crippen molar-refractivity contribution in [2.24, 2.45) is 0 Å². The summed E-state index contributed by atoms with van der Waals surface area (Å²) in [6.07, 6.45) is 0.924. The van der Waals surface area contributed by atoms with Crippen LogP contribution in [0.25, 0.3) is 0 Å². The number of amides is 1. The van der Waals surface area contributed by atoms with Crippen LogP contribution in [-0.2, 0) is 11.3 Å². The van der Waals surface area contributed by atoms with Crippen molar-refractivity contribution in [1.29, 1.82) is 0 Å². The third-order valence-corrected chi connectivity index (χ3v) is 4.77. The van der Waals surface area contributed by atoms with Crippen molar-refractivity contribution >= 4 is 39.3 Å². The number of hydrogen-bond donors (Lipinski definition) is 0. The lowest BCUT2D eigenvalue weighted by Crippen LogP contribution is -2.40. The number of nitrogens with zero attached hydrogens (tertiary/aromatic N) is 2. The first-order valence-corrected chi connectivity index (χ1v) is 9.50. The molecule has 0 aliphatic carbocycles. The molecule has 0 aliphatic heterocycles. The highest BCUT2D eigenvalue weighted by Gasteiger charge is 2.25. The molecule has 0 radical (unpaired) electrons. The first kappa shape index (κ1) is 19.5. The van der Waals surface area contributed by atoms with Crippen molar-refractivity contribution in [3.05, 3.63) is 75.7 Å². The van der Waals surface area contributed by atoms with Gasteiger partial charge in [-0.1, -0.05) is 17.7 Å². The molecule has 0 saturated heterocycles. The lowest BCUT2D eigenvalue weighted by molar-refractivity contribution is -0.124. The van der Waals surface area contributed by atoms with E-state index in [9.17, 15) is 4.79 Å². The van der Waals surface area contributed by atoms with Crippen molar-refractivity contribution in [1.82, 2.24) is 4.98 Å². The van der Waals surface area contributed by atoms with Crippen molar-refractivity contribution in [3.8, 4) is 5.75 Å². The smallest absolute Gasteiger partial charge is 0.269 e. The Morgan fingerprint density at radius 1 is 1.30 bits per heavy atom. The number of aromatic nitrogens is 1. The zero-order chi connectivity index (χ0) is 19.4. The minimum Gasteiger partial charge on any atom is -0.481 e. The summed E-state index contributed by atoms with van der Waals surface area (Å²) in [7, 11) is 0. The van der Waals surface area contributed by atoms with Crippen LogP contribution in [0.1, 0.15) is 18.2 Å². The Hall–Kier alpha value is -2.31. The number of anilines is 1. The third kappa shape index (κ3) is 4.90. The van der Waals surface area contributed by atoms with Crippen LogP contribution < -0.4 is 9.64 Å². The van der Waals surface area contributed by atoms with Crippen molar-refractivity contribution in [2.45, 2.75) is 26.5 Å². The van der Waals surface area contributed by atoms with Gasteiger partial charge in [-0.25, -0.2) is 4.98 Å². The van der Waals surface area contributed by atoms with Gasteiger partial charge >= 0.3 is 0 Å². The molecule has 0 unspecified atom stereocenters. The number of pyridine rings is 1. The molecule has 0 aliphatic rings. The molecular formula is C20H18BrClN2O3. The highest BCUT2D eigenvalue weighted by Crippen LogP contribution is 2.24. The van der Waals surface area contributed by atoms with E-state index < -0.39 is 6.10 Å². The molecule has 5 nitrogen and oxygen atoms in total. The van der Waals surface area contributed by atoms with Crippen molar-refractivity contribution < 1.29 is 13.9 Å². The van der Waals surface area contributed by atoms with E-state index in [1.807, 2.05) is 13.0 Å². The monoisotopic (exact) mass is 448 g/mol. The van der Waals surface area contributed by atoms with Crippen LogP contribution in [0.2, 0.25) is 5.02 Å². The molecule has 7 heteroatoms. The van der Waals surface area contributed by atoms with Gasteiger partial charge in [0.1, 0.15) is 17.3 Å². The fourth-order valence-corrected chi connectivity index (χ4v) is 3.00. The van der Waals surface area contributed by atoms with Gasteiger partial charge in [0, 0.05) is 11.2 Å². The van der Waals surface area contributed by atoms with Gasteiger partial charge in [0.25, 0.3) is 5.91 Å². The van der Waals surface area contributed by atoms with E-state index in [-0.39, 0.29) is 12.5 Å². The Morgan fingerprint density at radius 2 is 2.11 bits per heavy atom. The standard InChI is InChI=1S/C20H18BrClN2O3/c1-13-11-15(6-8-17(13)22)26-14(2)20(25)24(19-5-3-4-10-23-19)12-16-7-9-18(21)27-16/h3-11,14H,12H2,1-2H3/t14-/m1/s1. The van der Waals surface area contributed by atoms with Gasteiger partial charge < -0.3 is 9.15 Å². The Bertz CT molecular complexity index is 930. The minimum atomic E-state index is -0.717. The number of carbonyl (C=O) groups is 1. The largest absolute Gasteiger partial charge is 0.481 e. The molecule has 0 bridgehead atoms. The zero-order valence-electron chi connectivity index (χ0n) is 14.9. The van der Waals surface area contributed by atoms with Crippen LogP contribution in [-0.4, -0.2) is 17.0 Å². The summed E-state index contributed by atoms with van der Waals surface area (Å²) in [5.74, 6) is 1.52. The van der Waals surface area contributed by atoms with E-state index in [0.717, 1.165) is 5.56 Å². The zero-order valence-corrected chi connectivity index (χ0v) is 17.2. The molecule has 0 spiro atoms. The second-order valence-electron chi connectivity index (χ2n) is 5.99. The number of ether oxygens (including phenoxy) is 1. The SMILES string of the molecule is Cc1cc(O[C@H](C)C(=O)N(Cc2ccc(Br)o2)c2ccccn2)ccc1Cl. The van der Waals surface area contributed by atoms with E-state index in [0.29, 0.717) is 27.0 Å². The summed E-state index contributed by atoms with van der Waals surface area (Å²) in [5, 5.41) is 0.653. The van der Waals surface area contributed by atoms with Gasteiger partial charge in [0.2, 0.25) is 0 Å². The Morgan fingerprint density at radius 3 is 2.74 bits per heavy atom. The average Bonchev–Trinajstić information content (AvgIpc) is 3.08. The summed E-state index contributed by atoms with van der Waals surface area (Å²) in [5.41, 5.74) is 0.885. The summed E-state index contributed by atoms with van der Waals surface area (Å²) in [6.45, 7) is 3.84. The van der Waals surface area contributed by atoms with E-state index in [4.69, 9.17) is 20.8 Å². The number of hydrogen-bond acceptors (Lipinski definition) is 4. The molecule has 3 aromatic rings. The van der Waals surface area contributed by atoms with E-state index >= 15 is 0 Å². The molecule has 3 rings (SSSR count). The lowest BCUT2D eigenvalue weighted by Gasteiger charge is -2.24. The number of halogens is 2. The van der Waals surface area contributed by atoms with Crippen molar-refractivity contribution in [3.63, 3.8) is 0 Å². The molecular weight excluding hydrogens is 432 g/mol. The maximum Gasteiger partial charge on any atom is 0.269 e. The predicted octanol–water partition coefficient (Wildman–Crippen LogP) is 5.40. The highest BCUT2D eigenvalue weighted by molar-refractivity contribution is 9.10. The summed E-state index contributed by atoms with van der Waals surface area (Å²) in [4.78, 5) is 18.9. The number of aryl methyl sites for hydroxylation is 1. The molecule has 1 aromatic carbocycles. The number of furan rings is 1. The Kier molecular flexibility index (Phi) is 6.19. The van der Waals surface area contributed by atoms with Crippen LogP contribution in [0.4, 0.5) is 5.82 Å². The minimum absolute atomic E-state index is 0.228. The second-order valence-corrected chi connectivity index (χ2v) is 7.18. The summed E-state index contributed by atoms with van der Waals surface area (Å²) >= 11 is 9.33.